The number of thiazole rings is 2. The molecule has 0 radical (unpaired) electrons. The molecule has 0 saturated heterocycles. The number of carbonyl (C=O) groups is 5. The predicted molar refractivity (Wildman–Crippen MR) is 190 cm³/mol. The SMILES string of the molecule is CC(=O)c1c(C)nn(CCC(=O)N2CCCNC(=O)c3csc(n3)[C@H](C(C)C)NC(=O)c3csc(n3)[C@H](Cc3ccccc3)NC(=O)C2)c1C. The average molecular weight is 719 g/mol. The third-order valence-corrected chi connectivity index (χ3v) is 10.4. The van der Waals surface area contributed by atoms with Crippen molar-refractivity contribution in [3.63, 3.8) is 0 Å². The Balaban J connectivity index is 1.41. The normalized spacial score (nSPS) is 17.7. The molecule has 0 spiro atoms. The molecule has 5 rings (SSSR count). The summed E-state index contributed by atoms with van der Waals surface area (Å²) >= 11 is 2.58. The molecule has 2 atom stereocenters. The quantitative estimate of drug-likeness (QED) is 0.239. The molecule has 0 aliphatic carbocycles. The van der Waals surface area contributed by atoms with Gasteiger partial charge in [0.1, 0.15) is 21.4 Å². The summed E-state index contributed by atoms with van der Waals surface area (Å²) in [6, 6.07) is 8.66. The molecule has 15 heteroatoms. The number of nitrogens with one attached hydrogen (secondary N) is 3. The second-order valence-corrected chi connectivity index (χ2v) is 14.4. The minimum Gasteiger partial charge on any atom is -0.351 e. The Morgan fingerprint density at radius 3 is 2.32 bits per heavy atom. The van der Waals surface area contributed by atoms with Crippen LogP contribution < -0.4 is 16.0 Å². The molecule has 0 fully saturated rings. The van der Waals surface area contributed by atoms with Crippen LogP contribution in [0, 0.1) is 19.8 Å². The van der Waals surface area contributed by atoms with Crippen molar-refractivity contribution >= 4 is 52.1 Å². The molecule has 50 heavy (non-hydrogen) atoms. The monoisotopic (exact) mass is 718 g/mol. The number of aromatic nitrogens is 4. The fourth-order valence-corrected chi connectivity index (χ4v) is 7.79. The Hall–Kier alpha value is -4.76. The molecular weight excluding hydrogens is 677 g/mol. The van der Waals surface area contributed by atoms with Gasteiger partial charge in [-0.25, -0.2) is 9.97 Å². The van der Waals surface area contributed by atoms with E-state index in [1.807, 2.05) is 44.2 Å². The summed E-state index contributed by atoms with van der Waals surface area (Å²) in [7, 11) is 0. The van der Waals surface area contributed by atoms with Gasteiger partial charge in [0.25, 0.3) is 11.8 Å². The minimum absolute atomic E-state index is 0.0146. The van der Waals surface area contributed by atoms with Gasteiger partial charge in [0.05, 0.1) is 29.9 Å². The summed E-state index contributed by atoms with van der Waals surface area (Å²) in [4.78, 5) is 76.5. The smallest absolute Gasteiger partial charge is 0.271 e. The Labute approximate surface area is 298 Å². The highest BCUT2D eigenvalue weighted by molar-refractivity contribution is 7.10. The summed E-state index contributed by atoms with van der Waals surface area (Å²) in [5.41, 5.74) is 3.25. The molecule has 4 aromatic rings. The molecule has 3 N–H and O–H groups in total. The van der Waals surface area contributed by atoms with Gasteiger partial charge in [-0.15, -0.1) is 22.7 Å². The van der Waals surface area contributed by atoms with Gasteiger partial charge in [0.2, 0.25) is 11.8 Å². The first kappa shape index (κ1) is 36.5. The van der Waals surface area contributed by atoms with E-state index >= 15 is 0 Å². The van der Waals surface area contributed by atoms with Crippen molar-refractivity contribution in [2.24, 2.45) is 5.92 Å². The number of hydrogen-bond acceptors (Lipinski definition) is 10. The molecule has 4 amide bonds. The van der Waals surface area contributed by atoms with Gasteiger partial charge in [0, 0.05) is 42.5 Å². The third kappa shape index (κ3) is 8.87. The van der Waals surface area contributed by atoms with Crippen LogP contribution >= 0.6 is 22.7 Å². The van der Waals surface area contributed by atoms with Crippen molar-refractivity contribution in [2.75, 3.05) is 19.6 Å². The van der Waals surface area contributed by atoms with Crippen molar-refractivity contribution in [1.29, 1.82) is 0 Å². The van der Waals surface area contributed by atoms with Crippen LogP contribution in [-0.4, -0.2) is 73.7 Å². The number of fused-ring (bicyclic) bond motifs is 4. The summed E-state index contributed by atoms with van der Waals surface area (Å²) in [6.45, 7) is 9.45. The molecule has 264 valence electrons. The van der Waals surface area contributed by atoms with Crippen molar-refractivity contribution in [3.8, 4) is 0 Å². The van der Waals surface area contributed by atoms with Gasteiger partial charge in [-0.3, -0.25) is 28.7 Å². The first-order valence-corrected chi connectivity index (χ1v) is 18.3. The van der Waals surface area contributed by atoms with Gasteiger partial charge < -0.3 is 20.9 Å². The van der Waals surface area contributed by atoms with Crippen LogP contribution in [0.1, 0.15) is 104 Å². The largest absolute Gasteiger partial charge is 0.351 e. The zero-order valence-corrected chi connectivity index (χ0v) is 30.5. The van der Waals surface area contributed by atoms with Gasteiger partial charge in [0.15, 0.2) is 5.78 Å². The second-order valence-electron chi connectivity index (χ2n) is 12.6. The lowest BCUT2D eigenvalue weighted by Crippen LogP contribution is -2.43. The Morgan fingerprint density at radius 2 is 1.64 bits per heavy atom. The second kappa shape index (κ2) is 16.3. The van der Waals surface area contributed by atoms with E-state index in [9.17, 15) is 24.0 Å². The number of carbonyl (C=O) groups excluding carboxylic acids is 5. The number of aryl methyl sites for hydroxylation is 2. The van der Waals surface area contributed by atoms with Gasteiger partial charge >= 0.3 is 0 Å². The van der Waals surface area contributed by atoms with Gasteiger partial charge in [-0.2, -0.15) is 5.10 Å². The van der Waals surface area contributed by atoms with E-state index < -0.39 is 12.1 Å². The van der Waals surface area contributed by atoms with Crippen LogP contribution in [0.5, 0.6) is 0 Å². The number of rotatable bonds is 7. The average Bonchev–Trinajstić information content (AvgIpc) is 3.83. The van der Waals surface area contributed by atoms with Crippen molar-refractivity contribution < 1.29 is 24.0 Å². The van der Waals surface area contributed by atoms with Crippen LogP contribution in [0.25, 0.3) is 0 Å². The van der Waals surface area contributed by atoms with Crippen LogP contribution in [0.15, 0.2) is 41.1 Å². The number of hydrogen-bond donors (Lipinski definition) is 3. The summed E-state index contributed by atoms with van der Waals surface area (Å²) < 4.78 is 1.65. The number of benzene rings is 1. The molecule has 1 aromatic carbocycles. The van der Waals surface area contributed by atoms with Crippen molar-refractivity contribution in [1.82, 2.24) is 40.6 Å². The highest BCUT2D eigenvalue weighted by Crippen LogP contribution is 2.27. The molecule has 3 aromatic heterocycles. The summed E-state index contributed by atoms with van der Waals surface area (Å²) in [5.74, 6) is -1.52. The lowest BCUT2D eigenvalue weighted by molar-refractivity contribution is -0.136. The van der Waals surface area contributed by atoms with Crippen molar-refractivity contribution in [2.45, 2.75) is 72.5 Å². The minimum atomic E-state index is -0.558. The van der Waals surface area contributed by atoms with Crippen LogP contribution in [0.3, 0.4) is 0 Å². The number of nitrogens with zero attached hydrogens (tertiary/aromatic N) is 5. The molecule has 13 nitrogen and oxygen atoms in total. The van der Waals surface area contributed by atoms with E-state index in [0.717, 1.165) is 5.56 Å². The van der Waals surface area contributed by atoms with Crippen molar-refractivity contribution in [3.05, 3.63) is 85.0 Å². The van der Waals surface area contributed by atoms with Crippen LogP contribution in [-0.2, 0) is 22.6 Å². The topological polar surface area (TPSA) is 168 Å². The van der Waals surface area contributed by atoms with E-state index in [4.69, 9.17) is 0 Å². The standard InChI is InChI=1S/C35H42N8O5S2/c1-20(2)31-35-39-26(18-50-35)32(47)36-13-9-14-42(29(46)12-15-43-22(4)30(23(5)44)21(3)41-43)17-28(45)37-25(16-24-10-7-6-8-11-24)34-38-27(19-49-34)33(48)40-31/h6-8,10-11,18-20,25,31H,9,12-17H2,1-5H3,(H,36,47)(H,37,45)(H,40,48)/t25-,31-/m0/s1. The number of amides is 4. The Bertz CT molecular complexity index is 1860. The molecule has 4 heterocycles. The zero-order valence-electron chi connectivity index (χ0n) is 28.8. The molecule has 1 aliphatic heterocycles. The van der Waals surface area contributed by atoms with E-state index in [2.05, 4.69) is 31.0 Å². The highest BCUT2D eigenvalue weighted by Gasteiger charge is 2.28. The maximum Gasteiger partial charge on any atom is 0.271 e. The maximum absolute atomic E-state index is 13.7. The van der Waals surface area contributed by atoms with E-state index in [-0.39, 0.29) is 79.3 Å². The van der Waals surface area contributed by atoms with E-state index in [1.54, 1.807) is 29.3 Å². The lowest BCUT2D eigenvalue weighted by Gasteiger charge is -2.24. The van der Waals surface area contributed by atoms with E-state index in [1.165, 1.54) is 34.5 Å². The van der Waals surface area contributed by atoms with Crippen LogP contribution in [0.4, 0.5) is 0 Å². The molecular formula is C35H42N8O5S2. The fourth-order valence-electron chi connectivity index (χ4n) is 5.92. The Morgan fingerprint density at radius 1 is 0.960 bits per heavy atom. The predicted octanol–water partition coefficient (Wildman–Crippen LogP) is 4.20. The molecule has 1 aliphatic rings. The zero-order chi connectivity index (χ0) is 35.9. The molecule has 0 saturated carbocycles. The highest BCUT2D eigenvalue weighted by atomic mass is 32.1. The van der Waals surface area contributed by atoms with Gasteiger partial charge in [-0.1, -0.05) is 44.2 Å². The summed E-state index contributed by atoms with van der Waals surface area (Å²) in [5, 5.41) is 17.9. The maximum atomic E-state index is 13.7. The Kier molecular flexibility index (Phi) is 11.9. The first-order valence-electron chi connectivity index (χ1n) is 16.6. The third-order valence-electron chi connectivity index (χ3n) is 8.49. The van der Waals surface area contributed by atoms with Gasteiger partial charge in [-0.05, 0) is 45.1 Å². The summed E-state index contributed by atoms with van der Waals surface area (Å²) in [6.07, 6.45) is 0.869. The molecule has 0 unspecified atom stereocenters. The first-order chi connectivity index (χ1) is 23.9. The number of ketones is 1. The fraction of sp³-hybridized carbons (Fsp3) is 0.429. The lowest BCUT2D eigenvalue weighted by atomic mass is 10.0. The molecule has 4 bridgehead atoms. The number of Topliss-reactive ketones (excluding diaryl/α,β-unsaturated/α-hetero) is 1. The van der Waals surface area contributed by atoms with Crippen LogP contribution in [0.2, 0.25) is 0 Å². The van der Waals surface area contributed by atoms with E-state index in [0.29, 0.717) is 39.8 Å².